The van der Waals surface area contributed by atoms with Gasteiger partial charge in [0.1, 0.15) is 23.4 Å². The van der Waals surface area contributed by atoms with E-state index in [1.807, 2.05) is 25.1 Å². The highest BCUT2D eigenvalue weighted by atomic mass is 35.5. The van der Waals surface area contributed by atoms with Gasteiger partial charge in [0, 0.05) is 18.1 Å². The van der Waals surface area contributed by atoms with E-state index in [1.54, 1.807) is 6.07 Å². The van der Waals surface area contributed by atoms with Crippen molar-refractivity contribution < 1.29 is 18.4 Å². The first-order chi connectivity index (χ1) is 13.0. The maximum Gasteiger partial charge on any atom is 0.253 e. The number of nitrogens with one attached hydrogen (secondary N) is 1. The van der Waals surface area contributed by atoms with Crippen LogP contribution in [0.5, 0.6) is 5.75 Å². The largest absolute Gasteiger partial charge is 0.490 e. The fourth-order valence-corrected chi connectivity index (χ4v) is 3.28. The molecule has 2 heterocycles. The number of carbonyl (C=O) groups is 1. The average molecular weight is 387 g/mol. The molecule has 1 N–H and O–H groups in total. The molecule has 1 aliphatic rings. The topological polar surface area (TPSA) is 64.4 Å². The predicted octanol–water partition coefficient (Wildman–Crippen LogP) is 4.39. The van der Waals surface area contributed by atoms with Gasteiger partial charge in [0.15, 0.2) is 5.76 Å². The van der Waals surface area contributed by atoms with E-state index in [4.69, 9.17) is 20.9 Å². The van der Waals surface area contributed by atoms with Gasteiger partial charge in [-0.25, -0.2) is 4.39 Å². The molecule has 0 spiro atoms. The number of halogens is 2. The lowest BCUT2D eigenvalue weighted by Gasteiger charge is -2.05. The van der Waals surface area contributed by atoms with Crippen molar-refractivity contribution in [1.29, 1.82) is 0 Å². The summed E-state index contributed by atoms with van der Waals surface area (Å²) in [6, 6.07) is 11.3. The van der Waals surface area contributed by atoms with Crippen LogP contribution < -0.4 is 10.1 Å². The van der Waals surface area contributed by atoms with Crippen LogP contribution in [-0.2, 0) is 13.0 Å². The van der Waals surface area contributed by atoms with Crippen LogP contribution in [0.2, 0.25) is 5.02 Å². The molecule has 5 nitrogen and oxygen atoms in total. The van der Waals surface area contributed by atoms with Crippen molar-refractivity contribution >= 4 is 17.5 Å². The smallest absolute Gasteiger partial charge is 0.253 e. The molecule has 0 saturated heterocycles. The Kier molecular flexibility index (Phi) is 4.58. The maximum atomic E-state index is 13.1. The van der Waals surface area contributed by atoms with Gasteiger partial charge in [-0.1, -0.05) is 28.9 Å². The summed E-state index contributed by atoms with van der Waals surface area (Å²) >= 11 is 5.90. The molecule has 7 heteroatoms. The highest BCUT2D eigenvalue weighted by Gasteiger charge is 2.20. The summed E-state index contributed by atoms with van der Waals surface area (Å²) in [5.74, 6) is 0.539. The first-order valence-electron chi connectivity index (χ1n) is 8.48. The number of carbonyl (C=O) groups excluding carboxylic acids is 1. The summed E-state index contributed by atoms with van der Waals surface area (Å²) in [5.41, 5.74) is 2.79. The van der Waals surface area contributed by atoms with Crippen LogP contribution in [0.1, 0.15) is 28.5 Å². The Morgan fingerprint density at radius 1 is 1.30 bits per heavy atom. The zero-order valence-electron chi connectivity index (χ0n) is 14.5. The van der Waals surface area contributed by atoms with Crippen LogP contribution in [0.15, 0.2) is 47.0 Å². The second-order valence-electron chi connectivity index (χ2n) is 6.44. The Balaban J connectivity index is 1.44. The third kappa shape index (κ3) is 3.66. The number of ether oxygens (including phenoxy) is 1. The van der Waals surface area contributed by atoms with E-state index in [2.05, 4.69) is 10.5 Å². The number of rotatable bonds is 4. The van der Waals surface area contributed by atoms with Gasteiger partial charge in [0.25, 0.3) is 5.91 Å². The highest BCUT2D eigenvalue weighted by Crippen LogP contribution is 2.33. The molecule has 0 bridgehead atoms. The fourth-order valence-electron chi connectivity index (χ4n) is 3.03. The molecule has 1 amide bonds. The predicted molar refractivity (Wildman–Crippen MR) is 98.3 cm³/mol. The Morgan fingerprint density at radius 2 is 2.15 bits per heavy atom. The number of fused-ring (bicyclic) bond motifs is 1. The molecule has 4 rings (SSSR count). The van der Waals surface area contributed by atoms with Crippen molar-refractivity contribution in [2.24, 2.45) is 0 Å². The Hall–Kier alpha value is -2.86. The van der Waals surface area contributed by atoms with Crippen LogP contribution in [0.3, 0.4) is 0 Å². The van der Waals surface area contributed by atoms with Gasteiger partial charge in [-0.3, -0.25) is 4.79 Å². The Labute approximate surface area is 160 Å². The molecule has 0 saturated carbocycles. The molecular weight excluding hydrogens is 371 g/mol. The van der Waals surface area contributed by atoms with E-state index in [0.29, 0.717) is 11.5 Å². The van der Waals surface area contributed by atoms with Crippen molar-refractivity contribution in [2.75, 3.05) is 0 Å². The molecule has 3 aromatic rings. The van der Waals surface area contributed by atoms with E-state index in [9.17, 15) is 9.18 Å². The minimum Gasteiger partial charge on any atom is -0.490 e. The van der Waals surface area contributed by atoms with Crippen molar-refractivity contribution in [3.05, 3.63) is 70.1 Å². The molecule has 27 heavy (non-hydrogen) atoms. The van der Waals surface area contributed by atoms with Gasteiger partial charge in [0.2, 0.25) is 0 Å². The molecule has 1 aliphatic heterocycles. The summed E-state index contributed by atoms with van der Waals surface area (Å²) in [6.07, 6.45) is 1.07. The lowest BCUT2D eigenvalue weighted by molar-refractivity contribution is 0.0950. The summed E-state index contributed by atoms with van der Waals surface area (Å²) in [5, 5.41) is 6.73. The Morgan fingerprint density at radius 3 is 2.96 bits per heavy atom. The fraction of sp³-hybridized carbons (Fsp3) is 0.200. The lowest BCUT2D eigenvalue weighted by atomic mass is 10.1. The monoisotopic (exact) mass is 386 g/mol. The van der Waals surface area contributed by atoms with Crippen molar-refractivity contribution in [2.45, 2.75) is 26.0 Å². The first kappa shape index (κ1) is 17.5. The number of hydrogen-bond acceptors (Lipinski definition) is 4. The number of aromatic nitrogens is 1. The first-order valence-corrected chi connectivity index (χ1v) is 8.86. The summed E-state index contributed by atoms with van der Waals surface area (Å²) in [6.45, 7) is 2.19. The summed E-state index contributed by atoms with van der Waals surface area (Å²) in [7, 11) is 0. The molecule has 0 fully saturated rings. The average Bonchev–Trinajstić information content (AvgIpc) is 3.24. The van der Waals surface area contributed by atoms with Crippen LogP contribution in [0, 0.1) is 5.82 Å². The van der Waals surface area contributed by atoms with E-state index in [0.717, 1.165) is 23.8 Å². The van der Waals surface area contributed by atoms with Crippen LogP contribution in [0.4, 0.5) is 4.39 Å². The molecule has 0 radical (unpaired) electrons. The molecule has 1 atom stereocenters. The van der Waals surface area contributed by atoms with E-state index in [-0.39, 0.29) is 23.2 Å². The van der Waals surface area contributed by atoms with Crippen molar-refractivity contribution in [1.82, 2.24) is 10.5 Å². The van der Waals surface area contributed by atoms with E-state index >= 15 is 0 Å². The summed E-state index contributed by atoms with van der Waals surface area (Å²) < 4.78 is 24.2. The van der Waals surface area contributed by atoms with Gasteiger partial charge in [-0.15, -0.1) is 0 Å². The summed E-state index contributed by atoms with van der Waals surface area (Å²) in [4.78, 5) is 12.2. The zero-order valence-corrected chi connectivity index (χ0v) is 15.2. The normalized spacial score (nSPS) is 15.3. The van der Waals surface area contributed by atoms with E-state index < -0.39 is 11.7 Å². The third-order valence-electron chi connectivity index (χ3n) is 4.35. The number of amides is 1. The molecule has 1 aromatic heterocycles. The zero-order chi connectivity index (χ0) is 19.0. The molecule has 138 valence electrons. The van der Waals surface area contributed by atoms with Gasteiger partial charge >= 0.3 is 0 Å². The SMILES string of the molecule is CC1Cc2ccc(-c3cc(CNC(=O)c4ccc(F)cc4Cl)no3)cc2O1. The van der Waals surface area contributed by atoms with E-state index in [1.165, 1.54) is 17.7 Å². The Bertz CT molecular complexity index is 1020. The van der Waals surface area contributed by atoms with Crippen molar-refractivity contribution in [3.63, 3.8) is 0 Å². The molecule has 0 aliphatic carbocycles. The number of nitrogens with zero attached hydrogens (tertiary/aromatic N) is 1. The van der Waals surface area contributed by atoms with Gasteiger partial charge in [-0.05, 0) is 36.8 Å². The lowest BCUT2D eigenvalue weighted by Crippen LogP contribution is -2.23. The van der Waals surface area contributed by atoms with Gasteiger partial charge in [-0.2, -0.15) is 0 Å². The quantitative estimate of drug-likeness (QED) is 0.722. The van der Waals surface area contributed by atoms with Gasteiger partial charge < -0.3 is 14.6 Å². The van der Waals surface area contributed by atoms with Crippen LogP contribution >= 0.6 is 11.6 Å². The standard InChI is InChI=1S/C20H16ClFN2O3/c1-11-6-12-2-3-13(7-18(12)26-11)19-9-15(24-27-19)10-23-20(25)16-5-4-14(22)8-17(16)21/h2-5,7-9,11H,6,10H2,1H3,(H,23,25). The third-order valence-corrected chi connectivity index (χ3v) is 4.66. The second kappa shape index (κ2) is 7.04. The van der Waals surface area contributed by atoms with Crippen LogP contribution in [0.25, 0.3) is 11.3 Å². The molecule has 1 unspecified atom stereocenters. The van der Waals surface area contributed by atoms with Crippen molar-refractivity contribution in [3.8, 4) is 17.1 Å². The maximum absolute atomic E-state index is 13.1. The number of hydrogen-bond donors (Lipinski definition) is 1. The van der Waals surface area contributed by atoms with Gasteiger partial charge in [0.05, 0.1) is 17.1 Å². The molecular formula is C20H16ClFN2O3. The minimum absolute atomic E-state index is 0.0562. The second-order valence-corrected chi connectivity index (χ2v) is 6.85. The minimum atomic E-state index is -0.495. The van der Waals surface area contributed by atoms with Crippen LogP contribution in [-0.4, -0.2) is 17.2 Å². The number of benzene rings is 2. The molecule has 2 aromatic carbocycles. The highest BCUT2D eigenvalue weighted by molar-refractivity contribution is 6.33.